The molecule has 0 spiro atoms. The highest BCUT2D eigenvalue weighted by molar-refractivity contribution is 4.57. The first-order valence-electron chi connectivity index (χ1n) is 13.2. The summed E-state index contributed by atoms with van der Waals surface area (Å²) in [7, 11) is 0. The molecule has 0 saturated heterocycles. The Kier molecular flexibility index (Phi) is 30.3. The van der Waals surface area contributed by atoms with Crippen LogP contribution in [0.5, 0.6) is 0 Å². The van der Waals surface area contributed by atoms with Crippen LogP contribution in [-0.4, -0.2) is 130 Å². The van der Waals surface area contributed by atoms with Crippen LogP contribution in [-0.2, 0) is 37.9 Å². The van der Waals surface area contributed by atoms with Gasteiger partial charge < -0.3 is 37.9 Å². The minimum absolute atomic E-state index is 0.586. The lowest BCUT2D eigenvalue weighted by Crippen LogP contribution is -2.34. The summed E-state index contributed by atoms with van der Waals surface area (Å²) in [5.41, 5.74) is 0. The first kappa shape index (κ1) is 33.6. The molecule has 9 heteroatoms. The molecule has 0 aliphatic rings. The molecule has 206 valence electrons. The highest BCUT2D eigenvalue weighted by Gasteiger charge is 2.06. The summed E-state index contributed by atoms with van der Waals surface area (Å²) in [5, 5.41) is 0. The predicted octanol–water partition coefficient (Wildman–Crippen LogP) is 2.65. The Balaban J connectivity index is 3.82. The standard InChI is InChI=1S/C25H53NO8/c1-4-10-27-16-19-30-13-7-26(8-14-31-20-24-33-22-17-28-11-5-2)9-15-32-21-25-34-23-18-29-12-6-3/h4-25H2,1-3H3. The van der Waals surface area contributed by atoms with Crippen LogP contribution in [0.3, 0.4) is 0 Å². The molecule has 0 aromatic heterocycles. The molecule has 0 radical (unpaired) electrons. The van der Waals surface area contributed by atoms with Crippen molar-refractivity contribution in [2.45, 2.75) is 40.0 Å². The smallest absolute Gasteiger partial charge is 0.0701 e. The molecule has 0 amide bonds. The number of nitrogens with zero attached hydrogens (tertiary/aromatic N) is 1. The Morgan fingerprint density at radius 3 is 0.735 bits per heavy atom. The van der Waals surface area contributed by atoms with Crippen LogP contribution in [0.2, 0.25) is 0 Å². The quantitative estimate of drug-likeness (QED) is 0.140. The third-order valence-electron chi connectivity index (χ3n) is 4.56. The summed E-state index contributed by atoms with van der Waals surface area (Å²) in [6.45, 7) is 19.2. The zero-order valence-electron chi connectivity index (χ0n) is 22.3. The molecule has 0 aliphatic heterocycles. The maximum atomic E-state index is 5.72. The lowest BCUT2D eigenvalue weighted by molar-refractivity contribution is -0.00275. The second-order valence-corrected chi connectivity index (χ2v) is 7.74. The van der Waals surface area contributed by atoms with Crippen LogP contribution in [0.25, 0.3) is 0 Å². The Bertz CT molecular complexity index is 342. The van der Waals surface area contributed by atoms with Crippen LogP contribution in [0, 0.1) is 0 Å². The highest BCUT2D eigenvalue weighted by atomic mass is 16.6. The van der Waals surface area contributed by atoms with Gasteiger partial charge in [-0.05, 0) is 19.3 Å². The van der Waals surface area contributed by atoms with Crippen molar-refractivity contribution in [2.24, 2.45) is 0 Å². The summed E-state index contributed by atoms with van der Waals surface area (Å²) in [5.74, 6) is 0. The molecule has 0 rings (SSSR count). The minimum atomic E-state index is 0.586. The topological polar surface area (TPSA) is 77.1 Å². The second-order valence-electron chi connectivity index (χ2n) is 7.74. The second kappa shape index (κ2) is 30.7. The zero-order valence-corrected chi connectivity index (χ0v) is 22.3. The van der Waals surface area contributed by atoms with Crippen molar-refractivity contribution in [1.29, 1.82) is 0 Å². The first-order chi connectivity index (χ1) is 16.8. The molecule has 9 nitrogen and oxygen atoms in total. The van der Waals surface area contributed by atoms with Gasteiger partial charge in [-0.1, -0.05) is 20.8 Å². The minimum Gasteiger partial charge on any atom is -0.379 e. The van der Waals surface area contributed by atoms with Crippen molar-refractivity contribution in [2.75, 3.05) is 125 Å². The molecule has 0 fully saturated rings. The molecular formula is C25H53NO8. The summed E-state index contributed by atoms with van der Waals surface area (Å²) in [6.07, 6.45) is 3.10. The van der Waals surface area contributed by atoms with Gasteiger partial charge in [0.25, 0.3) is 0 Å². The van der Waals surface area contributed by atoms with Crippen LogP contribution >= 0.6 is 0 Å². The molecule has 0 aromatic carbocycles. The SMILES string of the molecule is CCCOCCOCCOCCN(CCOCCOCCC)CCOCCOCCOCCC. The van der Waals surface area contributed by atoms with Crippen molar-refractivity contribution in [3.63, 3.8) is 0 Å². The van der Waals surface area contributed by atoms with E-state index in [2.05, 4.69) is 25.7 Å². The maximum absolute atomic E-state index is 5.72. The summed E-state index contributed by atoms with van der Waals surface area (Å²) >= 11 is 0. The molecule has 0 atom stereocenters. The third kappa shape index (κ3) is 27.9. The van der Waals surface area contributed by atoms with Crippen LogP contribution in [0.4, 0.5) is 0 Å². The van der Waals surface area contributed by atoms with E-state index in [4.69, 9.17) is 37.9 Å². The molecule has 0 aromatic rings. The Morgan fingerprint density at radius 1 is 0.294 bits per heavy atom. The monoisotopic (exact) mass is 495 g/mol. The van der Waals surface area contributed by atoms with Crippen LogP contribution in [0.1, 0.15) is 40.0 Å². The molecule has 0 bridgehead atoms. The molecule has 0 N–H and O–H groups in total. The van der Waals surface area contributed by atoms with Gasteiger partial charge in [-0.3, -0.25) is 4.90 Å². The fourth-order valence-corrected chi connectivity index (χ4v) is 2.76. The van der Waals surface area contributed by atoms with Crippen LogP contribution < -0.4 is 0 Å². The van der Waals surface area contributed by atoms with E-state index in [9.17, 15) is 0 Å². The van der Waals surface area contributed by atoms with Crippen LogP contribution in [0.15, 0.2) is 0 Å². The van der Waals surface area contributed by atoms with E-state index in [0.29, 0.717) is 85.9 Å². The van der Waals surface area contributed by atoms with Crippen molar-refractivity contribution >= 4 is 0 Å². The number of hydrogen-bond acceptors (Lipinski definition) is 9. The van der Waals surface area contributed by atoms with Gasteiger partial charge in [-0.15, -0.1) is 0 Å². The van der Waals surface area contributed by atoms with Gasteiger partial charge in [0.2, 0.25) is 0 Å². The van der Waals surface area contributed by atoms with E-state index < -0.39 is 0 Å². The molecule has 34 heavy (non-hydrogen) atoms. The molecule has 0 saturated carbocycles. The van der Waals surface area contributed by atoms with E-state index in [1.165, 1.54) is 0 Å². The predicted molar refractivity (Wildman–Crippen MR) is 134 cm³/mol. The van der Waals surface area contributed by atoms with Gasteiger partial charge in [0, 0.05) is 39.5 Å². The van der Waals surface area contributed by atoms with E-state index in [-0.39, 0.29) is 0 Å². The van der Waals surface area contributed by atoms with E-state index in [1.807, 2.05) is 0 Å². The van der Waals surface area contributed by atoms with Gasteiger partial charge in [0.05, 0.1) is 85.9 Å². The average Bonchev–Trinajstić information content (AvgIpc) is 2.85. The van der Waals surface area contributed by atoms with E-state index in [0.717, 1.165) is 58.7 Å². The fourth-order valence-electron chi connectivity index (χ4n) is 2.76. The van der Waals surface area contributed by atoms with Gasteiger partial charge >= 0.3 is 0 Å². The maximum Gasteiger partial charge on any atom is 0.0701 e. The van der Waals surface area contributed by atoms with Crippen molar-refractivity contribution in [3.8, 4) is 0 Å². The zero-order chi connectivity index (χ0) is 24.8. The number of ether oxygens (including phenoxy) is 8. The third-order valence-corrected chi connectivity index (χ3v) is 4.56. The normalized spacial score (nSPS) is 11.6. The van der Waals surface area contributed by atoms with Crippen molar-refractivity contribution in [1.82, 2.24) is 4.90 Å². The Hall–Kier alpha value is -0.360. The lowest BCUT2D eigenvalue weighted by Gasteiger charge is -2.22. The van der Waals surface area contributed by atoms with Gasteiger partial charge in [0.15, 0.2) is 0 Å². The summed E-state index contributed by atoms with van der Waals surface area (Å²) in [6, 6.07) is 0. The summed E-state index contributed by atoms with van der Waals surface area (Å²) in [4.78, 5) is 2.30. The van der Waals surface area contributed by atoms with Crippen molar-refractivity contribution < 1.29 is 37.9 Å². The highest BCUT2D eigenvalue weighted by Crippen LogP contribution is 1.93. The molecule has 0 aliphatic carbocycles. The fraction of sp³-hybridized carbons (Fsp3) is 1.00. The van der Waals surface area contributed by atoms with E-state index in [1.54, 1.807) is 0 Å². The Labute approximate surface area is 208 Å². The average molecular weight is 496 g/mol. The number of hydrogen-bond donors (Lipinski definition) is 0. The van der Waals surface area contributed by atoms with Gasteiger partial charge in [-0.2, -0.15) is 0 Å². The molecular weight excluding hydrogens is 442 g/mol. The Morgan fingerprint density at radius 2 is 0.500 bits per heavy atom. The lowest BCUT2D eigenvalue weighted by atomic mass is 10.4. The molecule has 0 heterocycles. The number of rotatable bonds is 30. The first-order valence-corrected chi connectivity index (χ1v) is 13.2. The van der Waals surface area contributed by atoms with Gasteiger partial charge in [0.1, 0.15) is 0 Å². The molecule has 0 unspecified atom stereocenters. The van der Waals surface area contributed by atoms with E-state index >= 15 is 0 Å². The van der Waals surface area contributed by atoms with Gasteiger partial charge in [-0.25, -0.2) is 0 Å². The largest absolute Gasteiger partial charge is 0.379 e. The van der Waals surface area contributed by atoms with Crippen molar-refractivity contribution in [3.05, 3.63) is 0 Å². The summed E-state index contributed by atoms with van der Waals surface area (Å²) < 4.78 is 44.4.